The normalized spacial score (nSPS) is 41.9. The van der Waals surface area contributed by atoms with Crippen LogP contribution in [0.1, 0.15) is 115 Å². The lowest BCUT2D eigenvalue weighted by molar-refractivity contribution is -0.220. The lowest BCUT2D eigenvalue weighted by Crippen LogP contribution is -2.68. The molecule has 1 heterocycles. The second-order valence-electron chi connectivity index (χ2n) is 18.6. The minimum atomic E-state index is -2.89. The zero-order valence-corrected chi connectivity index (χ0v) is 32.6. The number of Topliss-reactive ketones (excluding diaryl/α,β-unsaturated/α-hetero) is 1. The lowest BCUT2D eigenvalue weighted by Gasteiger charge is -2.72. The van der Waals surface area contributed by atoms with Crippen LogP contribution < -0.4 is 5.32 Å². The molecule has 7 rings (SSSR count). The Balaban J connectivity index is 1.14. The van der Waals surface area contributed by atoms with Crippen LogP contribution in [0.3, 0.4) is 0 Å². The zero-order valence-electron chi connectivity index (χ0n) is 31.8. The summed E-state index contributed by atoms with van der Waals surface area (Å²) in [4.78, 5) is 27.8. The summed E-state index contributed by atoms with van der Waals surface area (Å²) < 4.78 is 29.0. The van der Waals surface area contributed by atoms with Gasteiger partial charge in [0.1, 0.15) is 5.78 Å². The average molecular weight is 707 g/mol. The van der Waals surface area contributed by atoms with Crippen molar-refractivity contribution in [2.24, 2.45) is 51.2 Å². The van der Waals surface area contributed by atoms with Crippen LogP contribution >= 0.6 is 0 Å². The fourth-order valence-electron chi connectivity index (χ4n) is 13.8. The minimum Gasteiger partial charge on any atom is -0.465 e. The monoisotopic (exact) mass is 706 g/mol. The predicted molar refractivity (Wildman–Crippen MR) is 199 cm³/mol. The van der Waals surface area contributed by atoms with Gasteiger partial charge in [-0.2, -0.15) is 0 Å². The molecule has 276 valence electrons. The number of hydrogen-bond donors (Lipinski definition) is 1. The van der Waals surface area contributed by atoms with Crippen molar-refractivity contribution in [3.8, 4) is 0 Å². The van der Waals surface area contributed by atoms with Gasteiger partial charge in [0.05, 0.1) is 24.2 Å². The molecule has 1 N–H and O–H groups in total. The second-order valence-corrected chi connectivity index (χ2v) is 20.9. The van der Waals surface area contributed by atoms with Crippen LogP contribution in [0.4, 0.5) is 0 Å². The van der Waals surface area contributed by atoms with Gasteiger partial charge in [0.15, 0.2) is 9.84 Å². The highest BCUT2D eigenvalue weighted by Gasteiger charge is 2.70. The summed E-state index contributed by atoms with van der Waals surface area (Å²) in [7, 11) is -1.45. The number of benzene rings is 1. The Morgan fingerprint density at radius 2 is 1.58 bits per heavy atom. The number of ketones is 1. The number of ether oxygens (including phenoxy) is 1. The van der Waals surface area contributed by atoms with Crippen LogP contribution in [0.15, 0.2) is 30.3 Å². The molecule has 4 saturated carbocycles. The molecule has 6 aliphatic rings. The van der Waals surface area contributed by atoms with E-state index < -0.39 is 9.84 Å². The van der Waals surface area contributed by atoms with E-state index in [4.69, 9.17) is 4.74 Å². The van der Waals surface area contributed by atoms with E-state index in [1.54, 1.807) is 0 Å². The number of fused-ring (bicyclic) bond motifs is 7. The number of hydrogen-bond acceptors (Lipinski definition) is 7. The maximum Gasteiger partial charge on any atom is 0.337 e. The molecule has 0 radical (unpaired) electrons. The third kappa shape index (κ3) is 5.50. The third-order valence-corrected chi connectivity index (χ3v) is 18.1. The van der Waals surface area contributed by atoms with E-state index in [-0.39, 0.29) is 50.6 Å². The Hall–Kier alpha value is -2.03. The molecular formula is C42H62N2O5S. The van der Waals surface area contributed by atoms with E-state index in [9.17, 15) is 18.0 Å². The number of rotatable bonds is 7. The van der Waals surface area contributed by atoms with Crippen molar-refractivity contribution in [3.05, 3.63) is 41.5 Å². The van der Waals surface area contributed by atoms with Gasteiger partial charge in [-0.15, -0.1) is 0 Å². The standard InChI is InChI=1S/C42H62N2O5S/c1-28(45)31-14-19-42(43-22-23-44-24-26-50(47,48)27-25-44)21-20-40(5)33(36(31)42)12-13-35-39(4)17-15-32(29-8-10-30(11-9-29)37(46)49-7)38(2,3)34(39)16-18-41(35,40)6/h8-11,15,31,33-36,43H,12-14,16-27H2,1-7H3/t31-,33?,34-,35+,36+,39-,40+,41+,42-/m0/s1. The topological polar surface area (TPSA) is 92.8 Å². The Labute approximate surface area is 301 Å². The number of nitrogens with zero attached hydrogens (tertiary/aromatic N) is 1. The van der Waals surface area contributed by atoms with E-state index in [0.29, 0.717) is 48.1 Å². The minimum absolute atomic E-state index is 0.000557. The highest BCUT2D eigenvalue weighted by molar-refractivity contribution is 7.91. The molecule has 50 heavy (non-hydrogen) atoms. The highest BCUT2D eigenvalue weighted by atomic mass is 32.2. The Kier molecular flexibility index (Phi) is 9.11. The molecule has 9 atom stereocenters. The number of methoxy groups -OCH3 is 1. The number of allylic oxidation sites excluding steroid dienone is 2. The van der Waals surface area contributed by atoms with Crippen molar-refractivity contribution in [1.29, 1.82) is 0 Å². The van der Waals surface area contributed by atoms with Gasteiger partial charge < -0.3 is 15.0 Å². The Bertz CT molecular complexity index is 1640. The predicted octanol–water partition coefficient (Wildman–Crippen LogP) is 7.21. The van der Waals surface area contributed by atoms with E-state index in [1.165, 1.54) is 50.4 Å². The van der Waals surface area contributed by atoms with E-state index in [1.807, 2.05) is 19.1 Å². The summed E-state index contributed by atoms with van der Waals surface area (Å²) in [6.07, 6.45) is 12.9. The fourth-order valence-corrected chi connectivity index (χ4v) is 15.1. The van der Waals surface area contributed by atoms with Gasteiger partial charge in [-0.05, 0) is 133 Å². The first-order chi connectivity index (χ1) is 23.5. The van der Waals surface area contributed by atoms with Crippen LogP contribution in [0.5, 0.6) is 0 Å². The first-order valence-corrected chi connectivity index (χ1v) is 21.4. The van der Waals surface area contributed by atoms with Crippen LogP contribution in [0, 0.1) is 51.2 Å². The molecule has 1 saturated heterocycles. The summed E-state index contributed by atoms with van der Waals surface area (Å²) in [5, 5.41) is 4.10. The lowest BCUT2D eigenvalue weighted by atomic mass is 9.33. The van der Waals surface area contributed by atoms with E-state index >= 15 is 0 Å². The molecule has 8 heteroatoms. The van der Waals surface area contributed by atoms with E-state index in [0.717, 1.165) is 38.8 Å². The second kappa shape index (κ2) is 12.5. The first-order valence-electron chi connectivity index (χ1n) is 19.6. The van der Waals surface area contributed by atoms with Crippen molar-refractivity contribution in [2.45, 2.75) is 105 Å². The summed E-state index contributed by atoms with van der Waals surface area (Å²) in [5.74, 6) is 2.83. The summed E-state index contributed by atoms with van der Waals surface area (Å²) in [5.41, 5.74) is 3.81. The molecule has 0 spiro atoms. The molecular weight excluding hydrogens is 645 g/mol. The summed E-state index contributed by atoms with van der Waals surface area (Å²) in [6.45, 7) is 17.7. The van der Waals surface area contributed by atoms with Crippen molar-refractivity contribution in [2.75, 3.05) is 44.8 Å². The van der Waals surface area contributed by atoms with Gasteiger partial charge in [0.2, 0.25) is 0 Å². The largest absolute Gasteiger partial charge is 0.465 e. The van der Waals surface area contributed by atoms with Crippen molar-refractivity contribution in [1.82, 2.24) is 10.2 Å². The van der Waals surface area contributed by atoms with Gasteiger partial charge >= 0.3 is 5.97 Å². The number of sulfone groups is 1. The SMILES string of the molecule is COC(=O)c1ccc(C2=CC[C@]3(C)[C@H]4CCC5[C@H]6[C@H](C(C)=O)CC[C@]6(NCCN6CCS(=O)(=O)CC6)CC[C@@]5(C)[C@]4(C)CC[C@H]3C2(C)C)cc1. The number of esters is 1. The summed E-state index contributed by atoms with van der Waals surface area (Å²) in [6, 6.07) is 8.02. The molecule has 1 unspecified atom stereocenters. The van der Waals surface area contributed by atoms with Gasteiger partial charge in [-0.1, -0.05) is 52.8 Å². The van der Waals surface area contributed by atoms with Crippen molar-refractivity contribution >= 4 is 27.2 Å². The number of carbonyl (C=O) groups is 2. The zero-order chi connectivity index (χ0) is 35.9. The smallest absolute Gasteiger partial charge is 0.337 e. The van der Waals surface area contributed by atoms with Crippen molar-refractivity contribution in [3.63, 3.8) is 0 Å². The average Bonchev–Trinajstić information content (AvgIpc) is 3.45. The van der Waals surface area contributed by atoms with Crippen molar-refractivity contribution < 1.29 is 22.7 Å². The van der Waals surface area contributed by atoms with Gasteiger partial charge in [0.25, 0.3) is 0 Å². The molecule has 0 bridgehead atoms. The summed E-state index contributed by atoms with van der Waals surface area (Å²) >= 11 is 0. The Morgan fingerprint density at radius 1 is 0.880 bits per heavy atom. The first kappa shape index (κ1) is 36.3. The molecule has 5 fully saturated rings. The Morgan fingerprint density at radius 3 is 2.24 bits per heavy atom. The van der Waals surface area contributed by atoms with Crippen LogP contribution in [0.25, 0.3) is 5.57 Å². The van der Waals surface area contributed by atoms with E-state index in [2.05, 4.69) is 63.0 Å². The molecule has 0 amide bonds. The fraction of sp³-hybridized carbons (Fsp3) is 0.762. The van der Waals surface area contributed by atoms with Gasteiger partial charge in [0, 0.05) is 37.6 Å². The van der Waals surface area contributed by atoms with Gasteiger partial charge in [-0.3, -0.25) is 4.79 Å². The molecule has 5 aliphatic carbocycles. The quantitative estimate of drug-likeness (QED) is 0.300. The van der Waals surface area contributed by atoms with Crippen LogP contribution in [-0.2, 0) is 19.4 Å². The van der Waals surface area contributed by atoms with Crippen LogP contribution in [0.2, 0.25) is 0 Å². The molecule has 7 nitrogen and oxygen atoms in total. The molecule has 0 aromatic heterocycles. The molecule has 1 aromatic rings. The van der Waals surface area contributed by atoms with Crippen LogP contribution in [-0.4, -0.2) is 75.4 Å². The third-order valence-electron chi connectivity index (χ3n) is 16.5. The maximum atomic E-state index is 13.4. The molecule has 1 aliphatic heterocycles. The van der Waals surface area contributed by atoms with Gasteiger partial charge in [-0.25, -0.2) is 13.2 Å². The maximum absolute atomic E-state index is 13.4. The molecule has 1 aromatic carbocycles. The highest BCUT2D eigenvalue weighted by Crippen LogP contribution is 2.76. The number of carbonyl (C=O) groups excluding carboxylic acids is 2. The number of nitrogens with one attached hydrogen (secondary N) is 1.